The maximum absolute atomic E-state index is 8.98. The highest BCUT2D eigenvalue weighted by atomic mass is 16.5. The third kappa shape index (κ3) is 2.78. The van der Waals surface area contributed by atoms with Crippen LogP contribution in [0.3, 0.4) is 0 Å². The van der Waals surface area contributed by atoms with Gasteiger partial charge in [-0.05, 0) is 26.0 Å². The first-order valence-electron chi connectivity index (χ1n) is 5.91. The topological polar surface area (TPSA) is 94.0 Å². The Bertz CT molecular complexity index is 692. The first-order chi connectivity index (χ1) is 9.53. The highest BCUT2D eigenvalue weighted by Crippen LogP contribution is 2.29. The summed E-state index contributed by atoms with van der Waals surface area (Å²) >= 11 is 0. The fourth-order valence-corrected chi connectivity index (χ4v) is 1.65. The van der Waals surface area contributed by atoms with Crippen LogP contribution in [0, 0.1) is 25.2 Å². The van der Waals surface area contributed by atoms with E-state index < -0.39 is 0 Å². The second-order valence-corrected chi connectivity index (χ2v) is 4.20. The van der Waals surface area contributed by atoms with Crippen LogP contribution in [-0.2, 0) is 0 Å². The first kappa shape index (κ1) is 13.6. The Labute approximate surface area is 116 Å². The van der Waals surface area contributed by atoms with Crippen molar-refractivity contribution in [1.29, 1.82) is 5.26 Å². The van der Waals surface area contributed by atoms with Crippen molar-refractivity contribution in [2.24, 2.45) is 0 Å². The fraction of sp³-hybridized carbons (Fsp3) is 0.214. The van der Waals surface area contributed by atoms with Gasteiger partial charge in [-0.25, -0.2) is 4.98 Å². The second kappa shape index (κ2) is 5.45. The molecule has 1 aromatic carbocycles. The number of hydrogen-bond donors (Lipinski definition) is 1. The van der Waals surface area contributed by atoms with Crippen LogP contribution in [0.1, 0.15) is 17.0 Å². The van der Waals surface area contributed by atoms with Crippen molar-refractivity contribution in [3.8, 4) is 23.4 Å². The maximum atomic E-state index is 8.98. The molecule has 0 unspecified atom stereocenters. The summed E-state index contributed by atoms with van der Waals surface area (Å²) in [5.41, 5.74) is 6.87. The molecule has 0 fully saturated rings. The van der Waals surface area contributed by atoms with Gasteiger partial charge in [0.25, 0.3) is 0 Å². The van der Waals surface area contributed by atoms with E-state index in [4.69, 9.17) is 20.5 Å². The lowest BCUT2D eigenvalue weighted by atomic mass is 10.2. The summed E-state index contributed by atoms with van der Waals surface area (Å²) in [7, 11) is 1.53. The Balaban J connectivity index is 2.42. The van der Waals surface area contributed by atoms with Crippen LogP contribution in [-0.4, -0.2) is 17.1 Å². The van der Waals surface area contributed by atoms with Crippen LogP contribution in [0.4, 0.5) is 5.82 Å². The van der Waals surface area contributed by atoms with E-state index in [1.807, 2.05) is 6.07 Å². The number of nitriles is 1. The largest absolute Gasteiger partial charge is 0.497 e. The van der Waals surface area contributed by atoms with Crippen LogP contribution in [0.25, 0.3) is 0 Å². The van der Waals surface area contributed by atoms with Gasteiger partial charge in [-0.2, -0.15) is 10.2 Å². The smallest absolute Gasteiger partial charge is 0.227 e. The molecule has 0 spiro atoms. The Hall–Kier alpha value is -2.81. The Morgan fingerprint density at radius 3 is 2.50 bits per heavy atom. The SMILES string of the molecule is COc1cc(C#N)cc(Oc2nc(C)nc(N)c2C)c1. The van der Waals surface area contributed by atoms with Crippen molar-refractivity contribution in [3.05, 3.63) is 35.2 Å². The molecule has 0 bridgehead atoms. The van der Waals surface area contributed by atoms with Crippen LogP contribution < -0.4 is 15.2 Å². The Morgan fingerprint density at radius 1 is 1.15 bits per heavy atom. The molecule has 6 heteroatoms. The monoisotopic (exact) mass is 270 g/mol. The van der Waals surface area contributed by atoms with Gasteiger partial charge in [-0.15, -0.1) is 0 Å². The van der Waals surface area contributed by atoms with Gasteiger partial charge in [0, 0.05) is 6.07 Å². The third-order valence-electron chi connectivity index (χ3n) is 2.71. The molecule has 2 aromatic rings. The molecule has 0 atom stereocenters. The molecule has 0 amide bonds. The summed E-state index contributed by atoms with van der Waals surface area (Å²) in [6, 6.07) is 6.95. The van der Waals surface area contributed by atoms with E-state index in [-0.39, 0.29) is 0 Å². The molecule has 0 saturated carbocycles. The van der Waals surface area contributed by atoms with Crippen molar-refractivity contribution in [2.75, 3.05) is 12.8 Å². The minimum Gasteiger partial charge on any atom is -0.497 e. The molecule has 0 aliphatic carbocycles. The average Bonchev–Trinajstić information content (AvgIpc) is 2.43. The van der Waals surface area contributed by atoms with E-state index in [0.29, 0.717) is 40.1 Å². The van der Waals surface area contributed by atoms with Gasteiger partial charge in [0.1, 0.15) is 23.1 Å². The van der Waals surface area contributed by atoms with Crippen molar-refractivity contribution in [2.45, 2.75) is 13.8 Å². The van der Waals surface area contributed by atoms with Gasteiger partial charge in [-0.3, -0.25) is 0 Å². The van der Waals surface area contributed by atoms with Crippen LogP contribution in [0.5, 0.6) is 17.4 Å². The number of nitrogens with two attached hydrogens (primary N) is 1. The second-order valence-electron chi connectivity index (χ2n) is 4.20. The van der Waals surface area contributed by atoms with Crippen LogP contribution in [0.15, 0.2) is 18.2 Å². The Morgan fingerprint density at radius 2 is 1.85 bits per heavy atom. The minimum atomic E-state index is 0.368. The van der Waals surface area contributed by atoms with Crippen LogP contribution in [0.2, 0.25) is 0 Å². The molecule has 1 aromatic heterocycles. The summed E-state index contributed by atoms with van der Waals surface area (Å²) in [5, 5.41) is 8.98. The number of rotatable bonds is 3. The number of benzene rings is 1. The average molecular weight is 270 g/mol. The lowest BCUT2D eigenvalue weighted by molar-refractivity contribution is 0.406. The van der Waals surface area contributed by atoms with Gasteiger partial charge >= 0.3 is 0 Å². The zero-order valence-electron chi connectivity index (χ0n) is 11.5. The van der Waals surface area contributed by atoms with Gasteiger partial charge in [0.05, 0.1) is 24.3 Å². The van der Waals surface area contributed by atoms with Gasteiger partial charge in [-0.1, -0.05) is 0 Å². The van der Waals surface area contributed by atoms with Crippen molar-refractivity contribution in [1.82, 2.24) is 9.97 Å². The van der Waals surface area contributed by atoms with E-state index in [1.165, 1.54) is 7.11 Å². The number of hydrogen-bond acceptors (Lipinski definition) is 6. The van der Waals surface area contributed by atoms with Crippen LogP contribution >= 0.6 is 0 Å². The first-order valence-corrected chi connectivity index (χ1v) is 5.91. The number of nitrogens with zero attached hydrogens (tertiary/aromatic N) is 3. The molecule has 2 rings (SSSR count). The molecule has 20 heavy (non-hydrogen) atoms. The third-order valence-corrected chi connectivity index (χ3v) is 2.71. The van der Waals surface area contributed by atoms with Gasteiger partial charge in [0.2, 0.25) is 5.88 Å². The summed E-state index contributed by atoms with van der Waals surface area (Å²) in [4.78, 5) is 8.26. The molecule has 2 N–H and O–H groups in total. The van der Waals surface area contributed by atoms with Crippen molar-refractivity contribution in [3.63, 3.8) is 0 Å². The minimum absolute atomic E-state index is 0.368. The summed E-state index contributed by atoms with van der Waals surface area (Å²) in [6.07, 6.45) is 0. The number of nitrogen functional groups attached to an aromatic ring is 1. The van der Waals surface area contributed by atoms with E-state index in [9.17, 15) is 0 Å². The number of anilines is 1. The molecule has 1 heterocycles. The molecular weight excluding hydrogens is 256 g/mol. The molecular formula is C14H14N4O2. The molecule has 0 saturated heterocycles. The lowest BCUT2D eigenvalue weighted by Crippen LogP contribution is -2.02. The number of aromatic nitrogens is 2. The summed E-state index contributed by atoms with van der Waals surface area (Å²) in [6.45, 7) is 3.50. The summed E-state index contributed by atoms with van der Waals surface area (Å²) < 4.78 is 10.8. The number of aryl methyl sites for hydroxylation is 1. The van der Waals surface area contributed by atoms with Crippen molar-refractivity contribution >= 4 is 5.82 Å². The number of methoxy groups -OCH3 is 1. The predicted octanol–water partition coefficient (Wildman–Crippen LogP) is 2.35. The lowest BCUT2D eigenvalue weighted by Gasteiger charge is -2.11. The van der Waals surface area contributed by atoms with E-state index in [2.05, 4.69) is 9.97 Å². The van der Waals surface area contributed by atoms with Crippen molar-refractivity contribution < 1.29 is 9.47 Å². The number of ether oxygens (including phenoxy) is 2. The van der Waals surface area contributed by atoms with Gasteiger partial charge in [0.15, 0.2) is 0 Å². The molecule has 0 aliphatic rings. The fourth-order valence-electron chi connectivity index (χ4n) is 1.65. The van der Waals surface area contributed by atoms with Gasteiger partial charge < -0.3 is 15.2 Å². The normalized spacial score (nSPS) is 9.90. The highest BCUT2D eigenvalue weighted by molar-refractivity contribution is 5.48. The maximum Gasteiger partial charge on any atom is 0.227 e. The molecule has 6 nitrogen and oxygen atoms in total. The molecule has 0 aliphatic heterocycles. The van der Waals surface area contributed by atoms with E-state index >= 15 is 0 Å². The standard InChI is InChI=1S/C14H14N4O2/c1-8-13(16)17-9(2)18-14(8)20-12-5-10(7-15)4-11(6-12)19-3/h4-6H,1-3H3,(H2,16,17,18). The quantitative estimate of drug-likeness (QED) is 0.919. The zero-order chi connectivity index (χ0) is 14.7. The predicted molar refractivity (Wildman–Crippen MR) is 73.7 cm³/mol. The summed E-state index contributed by atoms with van der Waals surface area (Å²) in [5.74, 6) is 2.26. The Kier molecular flexibility index (Phi) is 3.71. The molecule has 0 radical (unpaired) electrons. The zero-order valence-corrected chi connectivity index (χ0v) is 11.5. The van der Waals surface area contributed by atoms with E-state index in [0.717, 1.165) is 0 Å². The highest BCUT2D eigenvalue weighted by Gasteiger charge is 2.10. The van der Waals surface area contributed by atoms with E-state index in [1.54, 1.807) is 32.0 Å². The molecule has 102 valence electrons.